The number of fused-ring (bicyclic) bond motifs is 1. The van der Waals surface area contributed by atoms with Gasteiger partial charge in [-0.05, 0) is 78.1 Å². The second kappa shape index (κ2) is 9.60. The van der Waals surface area contributed by atoms with Crippen molar-refractivity contribution < 1.29 is 19.4 Å². The molecule has 0 amide bonds. The smallest absolute Gasteiger partial charge is 0.335 e. The largest absolute Gasteiger partial charge is 0.489 e. The number of carbonyl (C=O) groups excluding carboxylic acids is 1. The monoisotopic (exact) mass is 466 g/mol. The fourth-order valence-corrected chi connectivity index (χ4v) is 4.30. The van der Waals surface area contributed by atoms with Crippen molar-refractivity contribution in [1.29, 1.82) is 0 Å². The van der Waals surface area contributed by atoms with E-state index in [2.05, 4.69) is 0 Å². The Morgan fingerprint density at radius 3 is 2.38 bits per heavy atom. The minimum Gasteiger partial charge on any atom is -0.489 e. The van der Waals surface area contributed by atoms with Crippen LogP contribution in [0.5, 0.6) is 5.75 Å². The van der Waals surface area contributed by atoms with Crippen molar-refractivity contribution in [2.75, 3.05) is 0 Å². The van der Waals surface area contributed by atoms with E-state index in [9.17, 15) is 9.59 Å². The average Bonchev–Trinajstić information content (AvgIpc) is 3.07. The van der Waals surface area contributed by atoms with E-state index in [4.69, 9.17) is 33.0 Å². The molecule has 0 aliphatic heterocycles. The van der Waals surface area contributed by atoms with Crippen LogP contribution >= 0.6 is 23.2 Å². The van der Waals surface area contributed by atoms with E-state index in [0.29, 0.717) is 34.4 Å². The van der Waals surface area contributed by atoms with Crippen LogP contribution in [0.3, 0.4) is 0 Å². The van der Waals surface area contributed by atoms with Gasteiger partial charge < -0.3 is 9.84 Å². The zero-order valence-corrected chi connectivity index (χ0v) is 18.6. The van der Waals surface area contributed by atoms with E-state index in [0.717, 1.165) is 35.1 Å². The maximum absolute atomic E-state index is 12.7. The number of ketones is 1. The Labute approximate surface area is 196 Å². The lowest BCUT2D eigenvalue weighted by atomic mass is 10.1. The highest BCUT2D eigenvalue weighted by Gasteiger charge is 2.24. The molecule has 0 unspecified atom stereocenters. The van der Waals surface area contributed by atoms with Crippen molar-refractivity contribution in [2.24, 2.45) is 0 Å². The third-order valence-electron chi connectivity index (χ3n) is 5.35. The molecule has 0 heterocycles. The number of carbonyl (C=O) groups is 2. The summed E-state index contributed by atoms with van der Waals surface area (Å²) in [5.74, 6) is -0.227. The highest BCUT2D eigenvalue weighted by molar-refractivity contribution is 6.34. The molecule has 0 saturated heterocycles. The number of ether oxygens (including phenoxy) is 1. The molecule has 32 heavy (non-hydrogen) atoms. The molecule has 1 aliphatic carbocycles. The van der Waals surface area contributed by atoms with Crippen molar-refractivity contribution in [3.05, 3.63) is 110 Å². The molecule has 1 aliphatic rings. The summed E-state index contributed by atoms with van der Waals surface area (Å²) in [6.07, 6.45) is 4.04. The van der Waals surface area contributed by atoms with Crippen molar-refractivity contribution in [2.45, 2.75) is 25.9 Å². The summed E-state index contributed by atoms with van der Waals surface area (Å²) in [6.45, 7) is 0.317. The normalized spacial score (nSPS) is 13.9. The molecule has 0 spiro atoms. The van der Waals surface area contributed by atoms with Crippen LogP contribution < -0.4 is 4.74 Å². The van der Waals surface area contributed by atoms with E-state index in [1.807, 2.05) is 24.3 Å². The molecule has 0 bridgehead atoms. The lowest BCUT2D eigenvalue weighted by Crippen LogP contribution is -1.99. The van der Waals surface area contributed by atoms with Gasteiger partial charge in [0.15, 0.2) is 5.78 Å². The summed E-state index contributed by atoms with van der Waals surface area (Å²) in [4.78, 5) is 23.7. The van der Waals surface area contributed by atoms with Crippen LogP contribution in [-0.4, -0.2) is 16.9 Å². The number of hydrogen-bond donors (Lipinski definition) is 1. The maximum atomic E-state index is 12.7. The van der Waals surface area contributed by atoms with Crippen molar-refractivity contribution in [3.63, 3.8) is 0 Å². The number of hydrogen-bond acceptors (Lipinski definition) is 3. The van der Waals surface area contributed by atoms with Gasteiger partial charge in [0.25, 0.3) is 0 Å². The molecule has 3 aromatic carbocycles. The Morgan fingerprint density at radius 1 is 0.969 bits per heavy atom. The summed E-state index contributed by atoms with van der Waals surface area (Å²) in [6, 6.07) is 17.5. The first kappa shape index (κ1) is 22.1. The van der Waals surface area contributed by atoms with Crippen LogP contribution in [0.1, 0.15) is 43.8 Å². The number of benzene rings is 3. The number of rotatable bonds is 7. The van der Waals surface area contributed by atoms with Gasteiger partial charge in [0.1, 0.15) is 12.4 Å². The first-order valence-corrected chi connectivity index (χ1v) is 10.9. The van der Waals surface area contributed by atoms with Gasteiger partial charge in [-0.15, -0.1) is 0 Å². The number of carboxylic acid groups (broad SMARTS) is 1. The molecule has 0 atom stereocenters. The lowest BCUT2D eigenvalue weighted by molar-refractivity contribution is 0.0696. The molecular formula is C26H20Cl2O4. The predicted octanol–water partition coefficient (Wildman–Crippen LogP) is 6.57. The second-order valence-electron chi connectivity index (χ2n) is 7.66. The highest BCUT2D eigenvalue weighted by Crippen LogP contribution is 2.30. The van der Waals surface area contributed by atoms with Gasteiger partial charge in [0, 0.05) is 27.6 Å². The number of allylic oxidation sites excluding steroid dienone is 2. The Morgan fingerprint density at radius 2 is 1.69 bits per heavy atom. The first-order chi connectivity index (χ1) is 15.4. The number of aromatic carboxylic acids is 1. The summed E-state index contributed by atoms with van der Waals surface area (Å²) >= 11 is 12.1. The minimum absolute atomic E-state index is 0.0555. The van der Waals surface area contributed by atoms with Gasteiger partial charge in [0.2, 0.25) is 0 Å². The molecule has 0 radical (unpaired) electrons. The Balaban J connectivity index is 1.38. The van der Waals surface area contributed by atoms with E-state index in [1.165, 1.54) is 0 Å². The number of Topliss-reactive ketones (excluding diaryl/α,β-unsaturated/α-hetero) is 1. The topological polar surface area (TPSA) is 63.6 Å². The summed E-state index contributed by atoms with van der Waals surface area (Å²) in [7, 11) is 0. The Hall–Kier alpha value is -3.08. The molecule has 6 heteroatoms. The van der Waals surface area contributed by atoms with Crippen LogP contribution in [0.25, 0.3) is 0 Å². The summed E-state index contributed by atoms with van der Waals surface area (Å²) in [5, 5.41) is 10.2. The van der Waals surface area contributed by atoms with Crippen LogP contribution in [0.2, 0.25) is 10.0 Å². The van der Waals surface area contributed by atoms with Crippen molar-refractivity contribution >= 4 is 35.0 Å². The minimum atomic E-state index is -0.957. The van der Waals surface area contributed by atoms with E-state index in [1.54, 1.807) is 42.5 Å². The Bertz CT molecular complexity index is 1190. The summed E-state index contributed by atoms with van der Waals surface area (Å²) in [5.41, 5.74) is 4.59. The molecule has 0 fully saturated rings. The second-order valence-corrected chi connectivity index (χ2v) is 8.53. The van der Waals surface area contributed by atoms with Gasteiger partial charge in [0.05, 0.1) is 5.56 Å². The average molecular weight is 467 g/mol. The molecular weight excluding hydrogens is 447 g/mol. The van der Waals surface area contributed by atoms with Gasteiger partial charge in [-0.25, -0.2) is 4.79 Å². The third-order valence-corrected chi connectivity index (χ3v) is 5.78. The quantitative estimate of drug-likeness (QED) is 0.400. The van der Waals surface area contributed by atoms with Gasteiger partial charge in [-0.2, -0.15) is 0 Å². The predicted molar refractivity (Wildman–Crippen MR) is 125 cm³/mol. The van der Waals surface area contributed by atoms with Gasteiger partial charge >= 0.3 is 5.97 Å². The highest BCUT2D eigenvalue weighted by atomic mass is 35.5. The number of carboxylic acids is 1. The number of halogens is 2. The zero-order chi connectivity index (χ0) is 22.7. The standard InChI is InChI=1S/C26H20Cl2O4/c27-21-10-17(11-22(28)14-21)2-1-3-19-12-20-13-23(8-9-24(20)25(19)29)32-15-16-4-6-18(7-5-16)26(30)31/h3-11,13-14H,1-2,12,15H2,(H,30,31)/b19-3+. The molecule has 162 valence electrons. The Kier molecular flexibility index (Phi) is 6.63. The molecule has 4 nitrogen and oxygen atoms in total. The fourth-order valence-electron chi connectivity index (χ4n) is 3.73. The first-order valence-electron chi connectivity index (χ1n) is 10.2. The van der Waals surface area contributed by atoms with Crippen LogP contribution in [-0.2, 0) is 19.4 Å². The molecule has 1 N–H and O–H groups in total. The van der Waals surface area contributed by atoms with Crippen LogP contribution in [0, 0.1) is 0 Å². The number of aryl methyl sites for hydroxylation is 1. The van der Waals surface area contributed by atoms with Crippen LogP contribution in [0.15, 0.2) is 72.3 Å². The third kappa shape index (κ3) is 5.21. The molecule has 0 aromatic heterocycles. The van der Waals surface area contributed by atoms with Crippen LogP contribution in [0.4, 0.5) is 0 Å². The van der Waals surface area contributed by atoms with Gasteiger partial charge in [-0.1, -0.05) is 41.4 Å². The zero-order valence-electron chi connectivity index (χ0n) is 17.1. The maximum Gasteiger partial charge on any atom is 0.335 e. The van der Waals surface area contributed by atoms with E-state index < -0.39 is 5.97 Å². The molecule has 0 saturated carbocycles. The fraction of sp³-hybridized carbons (Fsp3) is 0.154. The van der Waals surface area contributed by atoms with Crippen molar-refractivity contribution in [3.8, 4) is 5.75 Å². The SMILES string of the molecule is O=C(O)c1ccc(COc2ccc3c(c2)C/C(=C\CCc2cc(Cl)cc(Cl)c2)C3=O)cc1. The van der Waals surface area contributed by atoms with Crippen molar-refractivity contribution in [1.82, 2.24) is 0 Å². The molecule has 3 aromatic rings. The van der Waals surface area contributed by atoms with Gasteiger partial charge in [-0.3, -0.25) is 4.79 Å². The lowest BCUT2D eigenvalue weighted by Gasteiger charge is -2.08. The molecule has 4 rings (SSSR count). The summed E-state index contributed by atoms with van der Waals surface area (Å²) < 4.78 is 5.85. The van der Waals surface area contributed by atoms with E-state index >= 15 is 0 Å². The van der Waals surface area contributed by atoms with E-state index in [-0.39, 0.29) is 11.3 Å².